The molecular weight excluding hydrogens is 521 g/mol. The molecule has 0 aliphatic heterocycles. The SMILES string of the molecule is CC(C)c1ccccc1NC(=S)N/N=C/c1ccc2c(COc3ccc(OC(F)(F)F)cc3)nsc2c1. The molecule has 0 spiro atoms. The van der Waals surface area contributed by atoms with Gasteiger partial charge in [-0.1, -0.05) is 44.2 Å². The largest absolute Gasteiger partial charge is 0.573 e. The topological polar surface area (TPSA) is 67.8 Å². The molecule has 6 nitrogen and oxygen atoms in total. The number of alkyl halides is 3. The van der Waals surface area contributed by atoms with Crippen molar-refractivity contribution in [1.29, 1.82) is 0 Å². The molecule has 1 aromatic heterocycles. The molecule has 0 radical (unpaired) electrons. The second kappa shape index (κ2) is 11.6. The van der Waals surface area contributed by atoms with E-state index in [2.05, 4.69) is 44.9 Å². The Balaban J connectivity index is 1.33. The van der Waals surface area contributed by atoms with Crippen molar-refractivity contribution in [2.75, 3.05) is 5.32 Å². The number of halogens is 3. The Hall–Kier alpha value is -3.70. The summed E-state index contributed by atoms with van der Waals surface area (Å²) in [6, 6.07) is 19.0. The quantitative estimate of drug-likeness (QED) is 0.139. The molecule has 37 heavy (non-hydrogen) atoms. The summed E-state index contributed by atoms with van der Waals surface area (Å²) >= 11 is 6.69. The zero-order chi connectivity index (χ0) is 26.4. The summed E-state index contributed by atoms with van der Waals surface area (Å²) in [5.74, 6) is 0.459. The van der Waals surface area contributed by atoms with Crippen LogP contribution in [0.2, 0.25) is 0 Å². The summed E-state index contributed by atoms with van der Waals surface area (Å²) in [6.07, 6.45) is -3.06. The van der Waals surface area contributed by atoms with Crippen LogP contribution in [0, 0.1) is 0 Å². The standard InChI is InChI=1S/C26H23F3N4O2S2/c1-16(2)20-5-3-4-6-22(20)31-25(36)32-30-14-17-7-12-21-23(33-37-24(21)13-17)15-34-18-8-10-19(11-9-18)35-26(27,28)29/h3-14,16H,15H2,1-2H3,(H2,31,32,36)/b30-14+. The zero-order valence-electron chi connectivity index (χ0n) is 19.9. The van der Waals surface area contributed by atoms with Crippen LogP contribution in [0.15, 0.2) is 71.8 Å². The number of benzene rings is 3. The van der Waals surface area contributed by atoms with Crippen LogP contribution < -0.4 is 20.2 Å². The number of nitrogens with one attached hydrogen (secondary N) is 2. The van der Waals surface area contributed by atoms with Crippen LogP contribution in [0.1, 0.15) is 36.6 Å². The maximum absolute atomic E-state index is 12.3. The van der Waals surface area contributed by atoms with E-state index in [0.29, 0.717) is 16.8 Å². The van der Waals surface area contributed by atoms with E-state index in [1.807, 2.05) is 36.4 Å². The molecule has 2 N–H and O–H groups in total. The third-order valence-corrected chi connectivity index (χ3v) is 6.25. The van der Waals surface area contributed by atoms with Gasteiger partial charge in [0.1, 0.15) is 18.1 Å². The summed E-state index contributed by atoms with van der Waals surface area (Å²) < 4.78 is 51.8. The molecule has 0 aliphatic carbocycles. The highest BCUT2D eigenvalue weighted by Gasteiger charge is 2.31. The third-order valence-electron chi connectivity index (χ3n) is 5.21. The van der Waals surface area contributed by atoms with E-state index in [-0.39, 0.29) is 12.4 Å². The summed E-state index contributed by atoms with van der Waals surface area (Å²) in [6.45, 7) is 4.42. The predicted molar refractivity (Wildman–Crippen MR) is 145 cm³/mol. The van der Waals surface area contributed by atoms with Crippen molar-refractivity contribution in [3.63, 3.8) is 0 Å². The molecule has 0 bridgehead atoms. The molecule has 1 heterocycles. The Bertz CT molecular complexity index is 1400. The van der Waals surface area contributed by atoms with Gasteiger partial charge in [0.05, 0.1) is 16.6 Å². The molecule has 0 saturated heterocycles. The van der Waals surface area contributed by atoms with E-state index in [4.69, 9.17) is 17.0 Å². The number of aromatic nitrogens is 1. The Morgan fingerprint density at radius 1 is 1.08 bits per heavy atom. The molecule has 3 aromatic carbocycles. The van der Waals surface area contributed by atoms with Gasteiger partial charge in [-0.3, -0.25) is 5.43 Å². The number of hydrogen-bond acceptors (Lipinski definition) is 6. The molecule has 0 unspecified atom stereocenters. The fourth-order valence-electron chi connectivity index (χ4n) is 3.51. The van der Waals surface area contributed by atoms with Crippen LogP contribution in [0.4, 0.5) is 18.9 Å². The summed E-state index contributed by atoms with van der Waals surface area (Å²) in [4.78, 5) is 0. The van der Waals surface area contributed by atoms with Gasteiger partial charge in [-0.05, 0) is 77.2 Å². The molecular formula is C26H23F3N4O2S2. The number of nitrogens with zero attached hydrogens (tertiary/aromatic N) is 2. The van der Waals surface area contributed by atoms with Crippen LogP contribution >= 0.6 is 23.8 Å². The van der Waals surface area contributed by atoms with E-state index in [1.54, 1.807) is 6.21 Å². The van der Waals surface area contributed by atoms with Crippen molar-refractivity contribution < 1.29 is 22.6 Å². The number of anilines is 1. The molecule has 4 rings (SSSR count). The first-order valence-corrected chi connectivity index (χ1v) is 12.4. The van der Waals surface area contributed by atoms with E-state index in [1.165, 1.54) is 41.4 Å². The molecule has 192 valence electrons. The predicted octanol–water partition coefficient (Wildman–Crippen LogP) is 7.22. The lowest BCUT2D eigenvalue weighted by Crippen LogP contribution is -2.24. The van der Waals surface area contributed by atoms with Crippen molar-refractivity contribution >= 4 is 50.9 Å². The van der Waals surface area contributed by atoms with Gasteiger partial charge in [0.2, 0.25) is 0 Å². The first-order valence-electron chi connectivity index (χ1n) is 11.2. The summed E-state index contributed by atoms with van der Waals surface area (Å²) in [5.41, 5.74) is 6.54. The van der Waals surface area contributed by atoms with E-state index >= 15 is 0 Å². The van der Waals surface area contributed by atoms with E-state index in [9.17, 15) is 13.2 Å². The monoisotopic (exact) mass is 544 g/mol. The number of para-hydroxylation sites is 1. The van der Waals surface area contributed by atoms with E-state index in [0.717, 1.165) is 27.0 Å². The Morgan fingerprint density at radius 3 is 2.54 bits per heavy atom. The lowest BCUT2D eigenvalue weighted by Gasteiger charge is -2.14. The molecule has 0 atom stereocenters. The number of rotatable bonds is 8. The normalized spacial score (nSPS) is 11.7. The van der Waals surface area contributed by atoms with Gasteiger partial charge in [-0.2, -0.15) is 9.47 Å². The second-order valence-corrected chi connectivity index (χ2v) is 9.47. The summed E-state index contributed by atoms with van der Waals surface area (Å²) in [7, 11) is 0. The highest BCUT2D eigenvalue weighted by molar-refractivity contribution is 7.80. The highest BCUT2D eigenvalue weighted by Crippen LogP contribution is 2.27. The lowest BCUT2D eigenvalue weighted by molar-refractivity contribution is -0.274. The number of ether oxygens (including phenoxy) is 2. The molecule has 0 amide bonds. The second-order valence-electron chi connectivity index (χ2n) is 8.26. The minimum atomic E-state index is -4.73. The van der Waals surface area contributed by atoms with Crippen molar-refractivity contribution in [3.8, 4) is 11.5 Å². The van der Waals surface area contributed by atoms with Gasteiger partial charge >= 0.3 is 6.36 Å². The average molecular weight is 545 g/mol. The van der Waals surface area contributed by atoms with Crippen molar-refractivity contribution in [3.05, 3.63) is 83.6 Å². The highest BCUT2D eigenvalue weighted by atomic mass is 32.1. The number of hydrazone groups is 1. The van der Waals surface area contributed by atoms with Gasteiger partial charge in [0.15, 0.2) is 5.11 Å². The van der Waals surface area contributed by atoms with Gasteiger partial charge in [-0.25, -0.2) is 0 Å². The van der Waals surface area contributed by atoms with Crippen LogP contribution in [0.25, 0.3) is 10.1 Å². The first kappa shape index (κ1) is 26.4. The zero-order valence-corrected chi connectivity index (χ0v) is 21.5. The molecule has 0 aliphatic rings. The fraction of sp³-hybridized carbons (Fsp3) is 0.192. The average Bonchev–Trinajstić information content (AvgIpc) is 3.25. The number of fused-ring (bicyclic) bond motifs is 1. The van der Waals surface area contributed by atoms with Crippen LogP contribution in [0.5, 0.6) is 11.5 Å². The van der Waals surface area contributed by atoms with Crippen LogP contribution in [-0.4, -0.2) is 22.1 Å². The fourth-order valence-corrected chi connectivity index (χ4v) is 4.51. The minimum Gasteiger partial charge on any atom is -0.487 e. The van der Waals surface area contributed by atoms with Gasteiger partial charge in [0, 0.05) is 11.1 Å². The minimum absolute atomic E-state index is 0.173. The Labute approximate surface area is 221 Å². The Morgan fingerprint density at radius 2 is 1.81 bits per heavy atom. The lowest BCUT2D eigenvalue weighted by atomic mass is 10.0. The van der Waals surface area contributed by atoms with Crippen molar-refractivity contribution in [1.82, 2.24) is 9.80 Å². The summed E-state index contributed by atoms with van der Waals surface area (Å²) in [5, 5.41) is 8.73. The number of hydrogen-bond donors (Lipinski definition) is 2. The van der Waals surface area contributed by atoms with Gasteiger partial charge in [0.25, 0.3) is 0 Å². The first-order chi connectivity index (χ1) is 17.7. The van der Waals surface area contributed by atoms with Gasteiger partial charge in [-0.15, -0.1) is 13.2 Å². The van der Waals surface area contributed by atoms with E-state index < -0.39 is 6.36 Å². The van der Waals surface area contributed by atoms with Crippen LogP contribution in [0.3, 0.4) is 0 Å². The number of thiocarbonyl (C=S) groups is 1. The maximum atomic E-state index is 12.3. The third kappa shape index (κ3) is 7.40. The molecule has 0 saturated carbocycles. The smallest absolute Gasteiger partial charge is 0.487 e. The van der Waals surface area contributed by atoms with Crippen molar-refractivity contribution in [2.24, 2.45) is 5.10 Å². The molecule has 4 aromatic rings. The van der Waals surface area contributed by atoms with Crippen LogP contribution in [-0.2, 0) is 6.61 Å². The molecule has 11 heteroatoms. The van der Waals surface area contributed by atoms with Crippen molar-refractivity contribution in [2.45, 2.75) is 32.7 Å². The molecule has 0 fully saturated rings. The van der Waals surface area contributed by atoms with Gasteiger partial charge < -0.3 is 14.8 Å². The Kier molecular flexibility index (Phi) is 8.24. The maximum Gasteiger partial charge on any atom is 0.573 e.